The molecule has 0 unspecified atom stereocenters. The summed E-state index contributed by atoms with van der Waals surface area (Å²) in [6.45, 7) is 3.76. The topological polar surface area (TPSA) is 85.1 Å². The fourth-order valence-electron chi connectivity index (χ4n) is 1.33. The highest BCUT2D eigenvalue weighted by Gasteiger charge is 2.10. The van der Waals surface area contributed by atoms with Crippen LogP contribution in [0.5, 0.6) is 0 Å². The van der Waals surface area contributed by atoms with Gasteiger partial charge in [-0.3, -0.25) is 9.71 Å². The van der Waals surface area contributed by atoms with Crippen LogP contribution in [0.4, 0.5) is 5.69 Å². The number of nitrogens with two attached hydrogens (primary N) is 1. The Morgan fingerprint density at radius 1 is 1.50 bits per heavy atom. The first kappa shape index (κ1) is 12.9. The molecular weight excluding hydrogens is 226 g/mol. The third-order valence-electron chi connectivity index (χ3n) is 2.09. The van der Waals surface area contributed by atoms with Gasteiger partial charge in [0.05, 0.1) is 23.3 Å². The molecule has 1 atom stereocenters. The summed E-state index contributed by atoms with van der Waals surface area (Å²) in [7, 11) is -3.26. The second kappa shape index (κ2) is 4.80. The van der Waals surface area contributed by atoms with Crippen molar-refractivity contribution in [2.24, 2.45) is 5.73 Å². The highest BCUT2D eigenvalue weighted by atomic mass is 32.2. The maximum Gasteiger partial charge on any atom is 0.229 e. The van der Waals surface area contributed by atoms with Crippen LogP contribution in [0.3, 0.4) is 0 Å². The summed E-state index contributed by atoms with van der Waals surface area (Å²) in [6.07, 6.45) is 1.77. The van der Waals surface area contributed by atoms with Gasteiger partial charge >= 0.3 is 0 Å². The van der Waals surface area contributed by atoms with E-state index in [1.165, 1.54) is 0 Å². The normalized spacial score (nSPS) is 13.5. The van der Waals surface area contributed by atoms with Crippen molar-refractivity contribution >= 4 is 15.7 Å². The Labute approximate surface area is 96.1 Å². The van der Waals surface area contributed by atoms with Crippen LogP contribution < -0.4 is 10.5 Å². The Balaban J connectivity index is 3.12. The number of pyridine rings is 1. The largest absolute Gasteiger partial charge is 0.323 e. The summed E-state index contributed by atoms with van der Waals surface area (Å²) in [5.74, 6) is 0. The number of rotatable bonds is 4. The number of sulfonamides is 1. The van der Waals surface area contributed by atoms with Crippen LogP contribution in [0, 0.1) is 0 Å². The van der Waals surface area contributed by atoms with Crippen molar-refractivity contribution in [1.82, 2.24) is 4.98 Å². The number of anilines is 1. The lowest BCUT2D eigenvalue weighted by Crippen LogP contribution is -2.14. The van der Waals surface area contributed by atoms with Crippen LogP contribution in [0.1, 0.15) is 31.3 Å². The van der Waals surface area contributed by atoms with Gasteiger partial charge in [-0.2, -0.15) is 0 Å². The van der Waals surface area contributed by atoms with E-state index in [1.54, 1.807) is 12.1 Å². The molecule has 6 heteroatoms. The van der Waals surface area contributed by atoms with Crippen LogP contribution in [0.2, 0.25) is 0 Å². The average Bonchev–Trinajstić information content (AvgIpc) is 2.15. The quantitative estimate of drug-likeness (QED) is 0.827. The highest BCUT2D eigenvalue weighted by Crippen LogP contribution is 2.18. The van der Waals surface area contributed by atoms with E-state index in [9.17, 15) is 8.42 Å². The summed E-state index contributed by atoms with van der Waals surface area (Å²) in [4.78, 5) is 4.32. The fraction of sp³-hybridized carbons (Fsp3) is 0.500. The summed E-state index contributed by atoms with van der Waals surface area (Å²) in [5, 5.41) is 0. The van der Waals surface area contributed by atoms with E-state index in [0.29, 0.717) is 17.8 Å². The summed E-state index contributed by atoms with van der Waals surface area (Å²) in [6, 6.07) is 3.28. The predicted molar refractivity (Wildman–Crippen MR) is 64.7 cm³/mol. The molecule has 0 saturated carbocycles. The minimum absolute atomic E-state index is 0.155. The van der Waals surface area contributed by atoms with Gasteiger partial charge in [-0.15, -0.1) is 0 Å². The van der Waals surface area contributed by atoms with Crippen LogP contribution >= 0.6 is 0 Å². The summed E-state index contributed by atoms with van der Waals surface area (Å²) < 4.78 is 24.7. The Hall–Kier alpha value is -1.14. The van der Waals surface area contributed by atoms with Crippen molar-refractivity contribution in [3.63, 3.8) is 0 Å². The molecule has 0 aromatic carbocycles. The number of aromatic nitrogens is 1. The van der Waals surface area contributed by atoms with E-state index in [1.807, 2.05) is 13.8 Å². The maximum atomic E-state index is 11.1. The molecule has 1 aromatic heterocycles. The molecule has 1 heterocycles. The van der Waals surface area contributed by atoms with E-state index >= 15 is 0 Å². The van der Waals surface area contributed by atoms with Gasteiger partial charge in [-0.1, -0.05) is 6.92 Å². The molecule has 0 aliphatic carbocycles. The first-order valence-corrected chi connectivity index (χ1v) is 6.96. The zero-order chi connectivity index (χ0) is 12.3. The number of nitrogens with zero attached hydrogens (tertiary/aromatic N) is 1. The molecule has 0 aliphatic heterocycles. The number of hydrogen-bond acceptors (Lipinski definition) is 4. The highest BCUT2D eigenvalue weighted by molar-refractivity contribution is 7.92. The maximum absolute atomic E-state index is 11.1. The van der Waals surface area contributed by atoms with Crippen molar-refractivity contribution in [3.8, 4) is 0 Å². The average molecular weight is 243 g/mol. The molecule has 0 bridgehead atoms. The Morgan fingerprint density at radius 3 is 2.56 bits per heavy atom. The molecule has 1 aromatic rings. The smallest absolute Gasteiger partial charge is 0.229 e. The lowest BCUT2D eigenvalue weighted by Gasteiger charge is -2.12. The molecule has 0 spiro atoms. The fourth-order valence-corrected chi connectivity index (χ4v) is 1.92. The molecule has 16 heavy (non-hydrogen) atoms. The van der Waals surface area contributed by atoms with Crippen LogP contribution in [0.15, 0.2) is 12.1 Å². The van der Waals surface area contributed by atoms with Gasteiger partial charge in [-0.25, -0.2) is 8.42 Å². The zero-order valence-corrected chi connectivity index (χ0v) is 10.5. The van der Waals surface area contributed by atoms with Gasteiger partial charge in [0.2, 0.25) is 10.0 Å². The number of aryl methyl sites for hydroxylation is 1. The van der Waals surface area contributed by atoms with Crippen molar-refractivity contribution in [2.75, 3.05) is 11.0 Å². The zero-order valence-electron chi connectivity index (χ0n) is 9.69. The van der Waals surface area contributed by atoms with Crippen LogP contribution in [0.25, 0.3) is 0 Å². The van der Waals surface area contributed by atoms with Gasteiger partial charge in [0.25, 0.3) is 0 Å². The minimum Gasteiger partial charge on any atom is -0.323 e. The van der Waals surface area contributed by atoms with Crippen LogP contribution in [-0.2, 0) is 16.4 Å². The summed E-state index contributed by atoms with van der Waals surface area (Å²) in [5.41, 5.74) is 7.70. The van der Waals surface area contributed by atoms with E-state index in [4.69, 9.17) is 5.73 Å². The Kier molecular flexibility index (Phi) is 3.88. The lowest BCUT2D eigenvalue weighted by molar-refractivity contribution is 0.606. The lowest BCUT2D eigenvalue weighted by atomic mass is 10.2. The van der Waals surface area contributed by atoms with Crippen LogP contribution in [-0.4, -0.2) is 19.7 Å². The van der Waals surface area contributed by atoms with E-state index < -0.39 is 10.0 Å². The second-order valence-corrected chi connectivity index (χ2v) is 5.50. The Morgan fingerprint density at radius 2 is 2.12 bits per heavy atom. The predicted octanol–water partition coefficient (Wildman–Crippen LogP) is 1.04. The number of hydrogen-bond donors (Lipinski definition) is 2. The molecule has 0 fully saturated rings. The molecule has 0 saturated heterocycles. The van der Waals surface area contributed by atoms with Gasteiger partial charge in [0, 0.05) is 6.04 Å². The SMILES string of the molecule is CCc1nc([C@@H](C)N)ccc1NS(C)(=O)=O. The first-order valence-electron chi connectivity index (χ1n) is 5.06. The van der Waals surface area contributed by atoms with Crippen molar-refractivity contribution in [3.05, 3.63) is 23.5 Å². The Bertz CT molecular complexity index is 469. The van der Waals surface area contributed by atoms with Gasteiger partial charge in [0.1, 0.15) is 0 Å². The molecular formula is C10H17N3O2S. The van der Waals surface area contributed by atoms with E-state index in [0.717, 1.165) is 11.9 Å². The second-order valence-electron chi connectivity index (χ2n) is 3.75. The van der Waals surface area contributed by atoms with Gasteiger partial charge in [0.15, 0.2) is 0 Å². The monoisotopic (exact) mass is 243 g/mol. The van der Waals surface area contributed by atoms with E-state index in [-0.39, 0.29) is 6.04 Å². The summed E-state index contributed by atoms with van der Waals surface area (Å²) >= 11 is 0. The first-order chi connectivity index (χ1) is 7.33. The van der Waals surface area contributed by atoms with Gasteiger partial charge < -0.3 is 5.73 Å². The third-order valence-corrected chi connectivity index (χ3v) is 2.68. The molecule has 90 valence electrons. The van der Waals surface area contributed by atoms with Crippen molar-refractivity contribution in [2.45, 2.75) is 26.3 Å². The molecule has 0 aliphatic rings. The van der Waals surface area contributed by atoms with Gasteiger partial charge in [-0.05, 0) is 25.5 Å². The molecule has 3 N–H and O–H groups in total. The molecule has 5 nitrogen and oxygen atoms in total. The van der Waals surface area contributed by atoms with Crippen molar-refractivity contribution in [1.29, 1.82) is 0 Å². The van der Waals surface area contributed by atoms with E-state index in [2.05, 4.69) is 9.71 Å². The molecule has 1 rings (SSSR count). The molecule has 0 radical (unpaired) electrons. The standard InChI is InChI=1S/C10H17N3O2S/c1-4-8-10(13-16(3,14)15)6-5-9(12-8)7(2)11/h5-7,13H,4,11H2,1-3H3/t7-/m1/s1. The molecule has 0 amide bonds. The minimum atomic E-state index is -3.26. The van der Waals surface area contributed by atoms with Crippen molar-refractivity contribution < 1.29 is 8.42 Å². The third kappa shape index (κ3) is 3.46. The number of nitrogens with one attached hydrogen (secondary N) is 1.